The Morgan fingerprint density at radius 1 is 1.47 bits per heavy atom. The van der Waals surface area contributed by atoms with E-state index in [1.54, 1.807) is 18.2 Å². The molecule has 1 saturated heterocycles. The second kappa shape index (κ2) is 6.19. The molecule has 0 spiro atoms. The molecule has 5 heteroatoms. The van der Waals surface area contributed by atoms with E-state index >= 15 is 0 Å². The Morgan fingerprint density at radius 3 is 2.84 bits per heavy atom. The summed E-state index contributed by atoms with van der Waals surface area (Å²) in [6.45, 7) is 1.01. The quantitative estimate of drug-likeness (QED) is 0.825. The van der Waals surface area contributed by atoms with Gasteiger partial charge in [0.25, 0.3) is 0 Å². The Morgan fingerprint density at radius 2 is 2.21 bits per heavy atom. The Balaban J connectivity index is 1.82. The van der Waals surface area contributed by atoms with Crippen LogP contribution in [0.4, 0.5) is 0 Å². The molecule has 0 aromatic heterocycles. The van der Waals surface area contributed by atoms with Gasteiger partial charge in [-0.2, -0.15) is 0 Å². The highest BCUT2D eigenvalue weighted by Crippen LogP contribution is 2.16. The van der Waals surface area contributed by atoms with Gasteiger partial charge >= 0.3 is 0 Å². The van der Waals surface area contributed by atoms with Gasteiger partial charge in [-0.25, -0.2) is 0 Å². The van der Waals surface area contributed by atoms with Crippen molar-refractivity contribution in [3.63, 3.8) is 0 Å². The molecular formula is C14H16ClNO3. The largest absolute Gasteiger partial charge is 0.386 e. The number of carbonyl (C=O) groups is 1. The highest BCUT2D eigenvalue weighted by atomic mass is 35.5. The van der Waals surface area contributed by atoms with E-state index in [2.05, 4.69) is 5.32 Å². The minimum absolute atomic E-state index is 0.205. The number of carbonyl (C=O) groups excluding carboxylic acids is 1. The van der Waals surface area contributed by atoms with Crippen molar-refractivity contribution in [2.75, 3.05) is 19.8 Å². The van der Waals surface area contributed by atoms with Crippen LogP contribution in [0.5, 0.6) is 0 Å². The first-order chi connectivity index (χ1) is 9.07. The maximum Gasteiger partial charge on any atom is 0.244 e. The molecule has 4 nitrogen and oxygen atoms in total. The molecule has 19 heavy (non-hydrogen) atoms. The summed E-state index contributed by atoms with van der Waals surface area (Å²) >= 11 is 5.77. The zero-order chi connectivity index (χ0) is 13.7. The van der Waals surface area contributed by atoms with Crippen molar-refractivity contribution in [3.05, 3.63) is 40.9 Å². The fraction of sp³-hybridized carbons (Fsp3) is 0.357. The fourth-order valence-corrected chi connectivity index (χ4v) is 1.92. The molecule has 2 rings (SSSR count). The molecule has 1 aromatic rings. The Hall–Kier alpha value is -1.36. The average molecular weight is 282 g/mol. The molecule has 1 unspecified atom stereocenters. The topological polar surface area (TPSA) is 58.6 Å². The molecule has 0 radical (unpaired) electrons. The zero-order valence-corrected chi connectivity index (χ0v) is 11.2. The first-order valence-corrected chi connectivity index (χ1v) is 6.47. The van der Waals surface area contributed by atoms with Gasteiger partial charge in [-0.15, -0.1) is 0 Å². The molecule has 0 saturated carbocycles. The number of rotatable bonds is 4. The lowest BCUT2D eigenvalue weighted by molar-refractivity contribution is -0.117. The van der Waals surface area contributed by atoms with E-state index in [0.717, 1.165) is 5.56 Å². The Kier molecular flexibility index (Phi) is 4.58. The van der Waals surface area contributed by atoms with Crippen LogP contribution in [0, 0.1) is 0 Å². The fourth-order valence-electron chi connectivity index (χ4n) is 1.79. The van der Waals surface area contributed by atoms with Gasteiger partial charge in [-0.3, -0.25) is 4.79 Å². The molecule has 1 aliphatic heterocycles. The molecule has 1 heterocycles. The molecule has 1 fully saturated rings. The molecule has 102 valence electrons. The van der Waals surface area contributed by atoms with Crippen molar-refractivity contribution >= 4 is 23.6 Å². The number of halogens is 1. The predicted molar refractivity (Wildman–Crippen MR) is 73.9 cm³/mol. The standard InChI is InChI=1S/C14H16ClNO3/c15-12-4-1-11(2-5-12)3-6-13(17)16-9-14(18)7-8-19-10-14/h1-6,18H,7-10H2,(H,16,17)/b6-3+. The number of aliphatic hydroxyl groups is 1. The van der Waals surface area contributed by atoms with Crippen molar-refractivity contribution in [2.45, 2.75) is 12.0 Å². The van der Waals surface area contributed by atoms with E-state index in [4.69, 9.17) is 16.3 Å². The van der Waals surface area contributed by atoms with Gasteiger partial charge in [0.05, 0.1) is 6.61 Å². The molecule has 2 N–H and O–H groups in total. The van der Waals surface area contributed by atoms with Gasteiger partial charge < -0.3 is 15.2 Å². The van der Waals surface area contributed by atoms with Crippen LogP contribution in [-0.4, -0.2) is 36.4 Å². The molecule has 1 atom stereocenters. The molecule has 1 amide bonds. The lowest BCUT2D eigenvalue weighted by Crippen LogP contribution is -2.42. The van der Waals surface area contributed by atoms with E-state index in [-0.39, 0.29) is 19.1 Å². The van der Waals surface area contributed by atoms with Crippen LogP contribution in [0.2, 0.25) is 5.02 Å². The molecule has 1 aliphatic rings. The van der Waals surface area contributed by atoms with Crippen LogP contribution < -0.4 is 5.32 Å². The Bertz CT molecular complexity index is 464. The first-order valence-electron chi connectivity index (χ1n) is 6.09. The maximum atomic E-state index is 11.6. The first kappa shape index (κ1) is 14.1. The summed E-state index contributed by atoms with van der Waals surface area (Å²) in [4.78, 5) is 11.6. The normalized spacial score (nSPS) is 22.8. The van der Waals surface area contributed by atoms with E-state index in [0.29, 0.717) is 18.1 Å². The van der Waals surface area contributed by atoms with E-state index < -0.39 is 5.60 Å². The minimum Gasteiger partial charge on any atom is -0.386 e. The third-order valence-corrected chi connectivity index (χ3v) is 3.22. The lowest BCUT2D eigenvalue weighted by Gasteiger charge is -2.19. The van der Waals surface area contributed by atoms with Crippen LogP contribution in [-0.2, 0) is 9.53 Å². The van der Waals surface area contributed by atoms with Crippen LogP contribution >= 0.6 is 11.6 Å². The molecular weight excluding hydrogens is 266 g/mol. The number of amides is 1. The molecule has 0 aliphatic carbocycles. The summed E-state index contributed by atoms with van der Waals surface area (Å²) < 4.78 is 5.10. The van der Waals surface area contributed by atoms with Crippen LogP contribution in [0.15, 0.2) is 30.3 Å². The van der Waals surface area contributed by atoms with Gasteiger partial charge in [0.1, 0.15) is 5.60 Å². The lowest BCUT2D eigenvalue weighted by atomic mass is 10.0. The van der Waals surface area contributed by atoms with Crippen LogP contribution in [0.1, 0.15) is 12.0 Å². The summed E-state index contributed by atoms with van der Waals surface area (Å²) in [6, 6.07) is 7.17. The van der Waals surface area contributed by atoms with E-state index in [9.17, 15) is 9.90 Å². The SMILES string of the molecule is O=C(/C=C/c1ccc(Cl)cc1)NCC1(O)CCOC1. The second-order valence-corrected chi connectivity index (χ2v) is 5.07. The Labute approximate surface area is 117 Å². The van der Waals surface area contributed by atoms with Crippen molar-refractivity contribution < 1.29 is 14.6 Å². The maximum absolute atomic E-state index is 11.6. The third-order valence-electron chi connectivity index (χ3n) is 2.97. The van der Waals surface area contributed by atoms with Crippen molar-refractivity contribution in [1.29, 1.82) is 0 Å². The number of benzene rings is 1. The highest BCUT2D eigenvalue weighted by molar-refractivity contribution is 6.30. The highest BCUT2D eigenvalue weighted by Gasteiger charge is 2.32. The number of nitrogens with one attached hydrogen (secondary N) is 1. The number of ether oxygens (including phenoxy) is 1. The second-order valence-electron chi connectivity index (χ2n) is 4.63. The number of hydrogen-bond donors (Lipinski definition) is 2. The van der Waals surface area contributed by atoms with Gasteiger partial charge in [-0.05, 0) is 23.8 Å². The summed E-state index contributed by atoms with van der Waals surface area (Å²) in [5, 5.41) is 13.3. The summed E-state index contributed by atoms with van der Waals surface area (Å²) in [5.74, 6) is -0.240. The van der Waals surface area contributed by atoms with Crippen molar-refractivity contribution in [2.24, 2.45) is 0 Å². The van der Waals surface area contributed by atoms with E-state index in [1.807, 2.05) is 12.1 Å². The molecule has 1 aromatic carbocycles. The predicted octanol–water partition coefficient (Wildman–Crippen LogP) is 1.62. The monoisotopic (exact) mass is 281 g/mol. The van der Waals surface area contributed by atoms with Crippen LogP contribution in [0.3, 0.4) is 0 Å². The van der Waals surface area contributed by atoms with Gasteiger partial charge in [0, 0.05) is 30.7 Å². The average Bonchev–Trinajstić information content (AvgIpc) is 2.83. The smallest absolute Gasteiger partial charge is 0.244 e. The van der Waals surface area contributed by atoms with Crippen LogP contribution in [0.25, 0.3) is 6.08 Å². The van der Waals surface area contributed by atoms with Crippen molar-refractivity contribution in [3.8, 4) is 0 Å². The summed E-state index contributed by atoms with van der Waals surface area (Å²) in [5.41, 5.74) is -0.0356. The van der Waals surface area contributed by atoms with Crippen molar-refractivity contribution in [1.82, 2.24) is 5.32 Å². The van der Waals surface area contributed by atoms with E-state index in [1.165, 1.54) is 6.08 Å². The van der Waals surface area contributed by atoms with Gasteiger partial charge in [0.15, 0.2) is 0 Å². The summed E-state index contributed by atoms with van der Waals surface area (Å²) in [7, 11) is 0. The van der Waals surface area contributed by atoms with Gasteiger partial charge in [-0.1, -0.05) is 23.7 Å². The molecule has 0 bridgehead atoms. The number of hydrogen-bond acceptors (Lipinski definition) is 3. The van der Waals surface area contributed by atoms with Gasteiger partial charge in [0.2, 0.25) is 5.91 Å². The third kappa shape index (κ3) is 4.35. The summed E-state index contributed by atoms with van der Waals surface area (Å²) in [6.07, 6.45) is 3.68. The minimum atomic E-state index is -0.927. The zero-order valence-electron chi connectivity index (χ0n) is 10.4.